The van der Waals surface area contributed by atoms with Gasteiger partial charge in [-0.05, 0) is 42.6 Å². The molecule has 1 saturated carbocycles. The molecule has 8 heteroatoms. The Kier molecular flexibility index (Phi) is 5.83. The number of anilines is 1. The lowest BCUT2D eigenvalue weighted by Gasteiger charge is -2.21. The van der Waals surface area contributed by atoms with E-state index in [0.717, 1.165) is 6.04 Å². The largest absolute Gasteiger partial charge is 0.450 e. The van der Waals surface area contributed by atoms with E-state index in [0.29, 0.717) is 30.7 Å². The number of nitrogen functional groups attached to an aromatic ring is 1. The lowest BCUT2D eigenvalue weighted by molar-refractivity contribution is 0.113. The number of rotatable bonds is 7. The Morgan fingerprint density at radius 1 is 1.32 bits per heavy atom. The first-order valence-electron chi connectivity index (χ1n) is 8.51. The van der Waals surface area contributed by atoms with Crippen molar-refractivity contribution in [3.05, 3.63) is 23.8 Å². The van der Waals surface area contributed by atoms with Crippen molar-refractivity contribution in [1.82, 2.24) is 4.90 Å². The van der Waals surface area contributed by atoms with Crippen molar-refractivity contribution in [2.45, 2.75) is 55.2 Å². The molecule has 140 valence electrons. The van der Waals surface area contributed by atoms with E-state index in [1.54, 1.807) is 25.2 Å². The highest BCUT2D eigenvalue weighted by Crippen LogP contribution is 2.35. The number of hydrogen-bond donors (Lipinski definition) is 1. The van der Waals surface area contributed by atoms with Gasteiger partial charge in [0.2, 0.25) is 0 Å². The van der Waals surface area contributed by atoms with Gasteiger partial charge < -0.3 is 15.4 Å². The van der Waals surface area contributed by atoms with Crippen LogP contribution >= 0.6 is 0 Å². The molecule has 0 saturated heterocycles. The van der Waals surface area contributed by atoms with E-state index in [2.05, 4.69) is 19.6 Å². The van der Waals surface area contributed by atoms with Crippen molar-refractivity contribution in [2.75, 3.05) is 19.4 Å². The summed E-state index contributed by atoms with van der Waals surface area (Å²) in [5.74, 6) is 0. The van der Waals surface area contributed by atoms with E-state index in [4.69, 9.17) is 10.5 Å². The molecule has 1 aliphatic carbocycles. The summed E-state index contributed by atoms with van der Waals surface area (Å²) < 4.78 is 30.5. The van der Waals surface area contributed by atoms with Crippen LogP contribution < -0.4 is 5.73 Å². The smallest absolute Gasteiger partial charge is 0.409 e. The fourth-order valence-electron chi connectivity index (χ4n) is 2.43. The first-order chi connectivity index (χ1) is 11.5. The molecule has 2 rings (SSSR count). The summed E-state index contributed by atoms with van der Waals surface area (Å²) in [4.78, 5) is 13.8. The SMILES string of the molecule is CN(Cc1cc(N)ccc1S(=O)(=O)C1CC1)C(=O)OCC[Si](C)(C)C. The minimum Gasteiger partial charge on any atom is -0.450 e. The predicted octanol–water partition coefficient (Wildman–Crippen LogP) is 3.11. The number of carbonyl (C=O) groups is 1. The number of sulfone groups is 1. The van der Waals surface area contributed by atoms with Crippen LogP contribution in [0.2, 0.25) is 25.7 Å². The van der Waals surface area contributed by atoms with E-state index in [-0.39, 0.29) is 16.7 Å². The third-order valence-electron chi connectivity index (χ3n) is 4.15. The number of ether oxygens (including phenoxy) is 1. The van der Waals surface area contributed by atoms with Crippen LogP contribution in [0.1, 0.15) is 18.4 Å². The van der Waals surface area contributed by atoms with Crippen LogP contribution in [0.3, 0.4) is 0 Å². The Morgan fingerprint density at radius 2 is 1.96 bits per heavy atom. The molecule has 1 amide bonds. The molecule has 6 nitrogen and oxygen atoms in total. The summed E-state index contributed by atoms with van der Waals surface area (Å²) in [7, 11) is -3.02. The monoisotopic (exact) mass is 384 g/mol. The van der Waals surface area contributed by atoms with Crippen LogP contribution in [0.15, 0.2) is 23.1 Å². The highest BCUT2D eigenvalue weighted by atomic mass is 32.2. The van der Waals surface area contributed by atoms with Gasteiger partial charge in [-0.1, -0.05) is 19.6 Å². The van der Waals surface area contributed by atoms with Gasteiger partial charge in [-0.2, -0.15) is 0 Å². The van der Waals surface area contributed by atoms with E-state index in [9.17, 15) is 13.2 Å². The Labute approximate surface area is 151 Å². The molecule has 0 aromatic heterocycles. The maximum absolute atomic E-state index is 12.6. The van der Waals surface area contributed by atoms with Gasteiger partial charge in [0.25, 0.3) is 0 Å². The number of nitrogens with two attached hydrogens (primary N) is 1. The maximum Gasteiger partial charge on any atom is 0.409 e. The lowest BCUT2D eigenvalue weighted by Crippen LogP contribution is -2.30. The normalized spacial score (nSPS) is 15.0. The van der Waals surface area contributed by atoms with Crippen LogP contribution in [0.5, 0.6) is 0 Å². The predicted molar refractivity (Wildman–Crippen MR) is 102 cm³/mol. The molecule has 2 N–H and O–H groups in total. The third-order valence-corrected chi connectivity index (χ3v) is 8.22. The number of benzene rings is 1. The Bertz CT molecular complexity index is 740. The Balaban J connectivity index is 2.08. The highest BCUT2D eigenvalue weighted by molar-refractivity contribution is 7.92. The fourth-order valence-corrected chi connectivity index (χ4v) is 5.01. The number of carbonyl (C=O) groups excluding carboxylic acids is 1. The molecule has 25 heavy (non-hydrogen) atoms. The summed E-state index contributed by atoms with van der Waals surface area (Å²) in [6.07, 6.45) is 0.942. The Hall–Kier alpha value is -1.54. The molecular formula is C17H28N2O4SSi. The second kappa shape index (κ2) is 7.37. The molecular weight excluding hydrogens is 356 g/mol. The summed E-state index contributed by atoms with van der Waals surface area (Å²) in [6, 6.07) is 5.65. The first kappa shape index (κ1) is 19.8. The van der Waals surface area contributed by atoms with E-state index in [1.807, 2.05) is 0 Å². The van der Waals surface area contributed by atoms with Gasteiger partial charge in [0, 0.05) is 20.8 Å². The van der Waals surface area contributed by atoms with Crippen LogP contribution in [0, 0.1) is 0 Å². The van der Waals surface area contributed by atoms with Gasteiger partial charge in [0.05, 0.1) is 23.3 Å². The molecule has 1 fully saturated rings. The van der Waals surface area contributed by atoms with Crippen molar-refractivity contribution in [1.29, 1.82) is 0 Å². The van der Waals surface area contributed by atoms with Gasteiger partial charge in [0.1, 0.15) is 0 Å². The van der Waals surface area contributed by atoms with Gasteiger partial charge in [-0.25, -0.2) is 13.2 Å². The number of nitrogens with zero attached hydrogens (tertiary/aromatic N) is 1. The molecule has 1 aromatic carbocycles. The molecule has 0 heterocycles. The quantitative estimate of drug-likeness (QED) is 0.576. The molecule has 0 unspecified atom stereocenters. The molecule has 0 bridgehead atoms. The van der Waals surface area contributed by atoms with Gasteiger partial charge in [0.15, 0.2) is 9.84 Å². The van der Waals surface area contributed by atoms with Gasteiger partial charge >= 0.3 is 6.09 Å². The first-order valence-corrected chi connectivity index (χ1v) is 13.8. The third kappa shape index (κ3) is 5.47. The summed E-state index contributed by atoms with van der Waals surface area (Å²) in [6.45, 7) is 7.19. The average molecular weight is 385 g/mol. The van der Waals surface area contributed by atoms with Gasteiger partial charge in [-0.3, -0.25) is 0 Å². The van der Waals surface area contributed by atoms with E-state index in [1.165, 1.54) is 4.90 Å². The zero-order chi connectivity index (χ0) is 18.8. The van der Waals surface area contributed by atoms with Crippen molar-refractivity contribution in [3.8, 4) is 0 Å². The minimum atomic E-state index is -3.35. The maximum atomic E-state index is 12.6. The standard InChI is InChI=1S/C17H28N2O4SSi/c1-19(17(20)23-9-10-25(2,3)4)12-13-11-14(18)5-8-16(13)24(21,22)15-6-7-15/h5,8,11,15H,6-7,9-10,12,18H2,1-4H3. The molecule has 1 aromatic rings. The molecule has 0 atom stereocenters. The van der Waals surface area contributed by atoms with Crippen molar-refractivity contribution < 1.29 is 17.9 Å². The fraction of sp³-hybridized carbons (Fsp3) is 0.588. The van der Waals surface area contributed by atoms with Crippen LogP contribution in [0.25, 0.3) is 0 Å². The topological polar surface area (TPSA) is 89.7 Å². The van der Waals surface area contributed by atoms with Crippen LogP contribution in [-0.2, 0) is 21.1 Å². The van der Waals surface area contributed by atoms with Crippen molar-refractivity contribution >= 4 is 29.7 Å². The summed E-state index contributed by atoms with van der Waals surface area (Å²) >= 11 is 0. The molecule has 0 radical (unpaired) electrons. The molecule has 1 aliphatic rings. The van der Waals surface area contributed by atoms with Crippen LogP contribution in [-0.4, -0.2) is 46.4 Å². The lowest BCUT2D eigenvalue weighted by atomic mass is 10.2. The van der Waals surface area contributed by atoms with Crippen molar-refractivity contribution in [2.24, 2.45) is 0 Å². The highest BCUT2D eigenvalue weighted by Gasteiger charge is 2.38. The molecule has 0 aliphatic heterocycles. The second-order valence-corrected chi connectivity index (χ2v) is 15.7. The summed E-state index contributed by atoms with van der Waals surface area (Å²) in [5.41, 5.74) is 6.83. The van der Waals surface area contributed by atoms with Gasteiger partial charge in [-0.15, -0.1) is 0 Å². The minimum absolute atomic E-state index is 0.151. The zero-order valence-corrected chi connectivity index (χ0v) is 17.2. The molecule has 0 spiro atoms. The zero-order valence-electron chi connectivity index (χ0n) is 15.4. The van der Waals surface area contributed by atoms with Crippen molar-refractivity contribution in [3.63, 3.8) is 0 Å². The van der Waals surface area contributed by atoms with Crippen LogP contribution in [0.4, 0.5) is 10.5 Å². The summed E-state index contributed by atoms with van der Waals surface area (Å²) in [5, 5.41) is -0.302. The number of amides is 1. The van der Waals surface area contributed by atoms with E-state index < -0.39 is 24.0 Å². The van der Waals surface area contributed by atoms with E-state index >= 15 is 0 Å². The Morgan fingerprint density at radius 3 is 2.52 bits per heavy atom. The second-order valence-electron chi connectivity index (χ2n) is 7.89. The average Bonchev–Trinajstić information content (AvgIpc) is 3.30. The number of hydrogen-bond acceptors (Lipinski definition) is 5.